The predicted octanol–water partition coefficient (Wildman–Crippen LogP) is 2.42. The van der Waals surface area contributed by atoms with Gasteiger partial charge in [0, 0.05) is 6.42 Å². The number of aromatic nitrogens is 2. The number of fused-ring (bicyclic) bond motifs is 2. The SMILES string of the molecule is O=C(NCCOc1cccc2c1Nc1nc(=O)n([C@H]3CC(O)[C@@H](CO)O3)cc1O2)OCC1CCCCC1. The Hall–Kier alpha value is -3.35. The van der Waals surface area contributed by atoms with Gasteiger partial charge in [0.25, 0.3) is 0 Å². The summed E-state index contributed by atoms with van der Waals surface area (Å²) in [5.41, 5.74) is -0.0872. The summed E-state index contributed by atoms with van der Waals surface area (Å²) in [6.07, 6.45) is 4.62. The van der Waals surface area contributed by atoms with Crippen molar-refractivity contribution < 1.29 is 34.0 Å². The molecule has 0 radical (unpaired) electrons. The highest BCUT2D eigenvalue weighted by Crippen LogP contribution is 2.45. The van der Waals surface area contributed by atoms with E-state index < -0.39 is 30.2 Å². The molecule has 5 rings (SSSR count). The molecular formula is C25H32N4O8. The maximum absolute atomic E-state index is 12.7. The minimum Gasteiger partial charge on any atom is -0.489 e. The number of para-hydroxylation sites is 1. The number of hydrogen-bond acceptors (Lipinski definition) is 10. The molecule has 12 heteroatoms. The Morgan fingerprint density at radius 3 is 2.86 bits per heavy atom. The van der Waals surface area contributed by atoms with Crippen molar-refractivity contribution in [2.45, 2.75) is 57.0 Å². The zero-order valence-electron chi connectivity index (χ0n) is 20.4. The van der Waals surface area contributed by atoms with E-state index in [1.54, 1.807) is 18.2 Å². The van der Waals surface area contributed by atoms with Gasteiger partial charge in [-0.2, -0.15) is 4.98 Å². The lowest BCUT2D eigenvalue weighted by Crippen LogP contribution is -2.30. The van der Waals surface area contributed by atoms with E-state index >= 15 is 0 Å². The van der Waals surface area contributed by atoms with E-state index in [2.05, 4.69) is 15.6 Å². The molecule has 3 atom stereocenters. The average Bonchev–Trinajstić information content (AvgIpc) is 3.29. The molecule has 3 aliphatic rings. The van der Waals surface area contributed by atoms with Crippen LogP contribution >= 0.6 is 0 Å². The normalized spacial score (nSPS) is 22.8. The molecule has 1 aromatic heterocycles. The summed E-state index contributed by atoms with van der Waals surface area (Å²) in [6.45, 7) is 0.557. The van der Waals surface area contributed by atoms with Gasteiger partial charge >= 0.3 is 11.8 Å². The number of ether oxygens (including phenoxy) is 4. The van der Waals surface area contributed by atoms with Crippen LogP contribution in [0.3, 0.4) is 0 Å². The van der Waals surface area contributed by atoms with Crippen LogP contribution in [0.2, 0.25) is 0 Å². The fraction of sp³-hybridized carbons (Fsp3) is 0.560. The highest BCUT2D eigenvalue weighted by molar-refractivity contribution is 5.77. The van der Waals surface area contributed by atoms with Crippen LogP contribution in [0.25, 0.3) is 0 Å². The van der Waals surface area contributed by atoms with Crippen molar-refractivity contribution >= 4 is 17.6 Å². The zero-order valence-corrected chi connectivity index (χ0v) is 20.4. The van der Waals surface area contributed by atoms with E-state index in [1.807, 2.05) is 0 Å². The number of benzene rings is 1. The summed E-state index contributed by atoms with van der Waals surface area (Å²) in [7, 11) is 0. The van der Waals surface area contributed by atoms with E-state index in [9.17, 15) is 19.8 Å². The summed E-state index contributed by atoms with van der Waals surface area (Å²) < 4.78 is 23.9. The highest BCUT2D eigenvalue weighted by Gasteiger charge is 2.36. The maximum atomic E-state index is 12.7. The second kappa shape index (κ2) is 11.4. The zero-order chi connectivity index (χ0) is 25.8. The number of nitrogens with zero attached hydrogens (tertiary/aromatic N) is 2. The summed E-state index contributed by atoms with van der Waals surface area (Å²) in [6, 6.07) is 5.25. The minimum absolute atomic E-state index is 0.149. The molecule has 1 aromatic carbocycles. The Morgan fingerprint density at radius 1 is 1.24 bits per heavy atom. The molecule has 3 heterocycles. The number of hydrogen-bond donors (Lipinski definition) is 4. The Bertz CT molecular complexity index is 1170. The van der Waals surface area contributed by atoms with Gasteiger partial charge in [-0.1, -0.05) is 25.3 Å². The summed E-state index contributed by atoms with van der Waals surface area (Å²) >= 11 is 0. The Balaban J connectivity index is 1.16. The molecule has 1 amide bonds. The molecule has 2 fully saturated rings. The molecule has 12 nitrogen and oxygen atoms in total. The lowest BCUT2D eigenvalue weighted by molar-refractivity contribution is -0.0459. The van der Waals surface area contributed by atoms with Crippen molar-refractivity contribution in [3.8, 4) is 17.2 Å². The van der Waals surface area contributed by atoms with Crippen molar-refractivity contribution in [2.75, 3.05) is 31.7 Å². The van der Waals surface area contributed by atoms with Crippen molar-refractivity contribution in [1.82, 2.24) is 14.9 Å². The number of nitrogens with one attached hydrogen (secondary N) is 2. The summed E-state index contributed by atoms with van der Waals surface area (Å²) in [4.78, 5) is 28.7. The van der Waals surface area contributed by atoms with Gasteiger partial charge in [0.2, 0.25) is 0 Å². The van der Waals surface area contributed by atoms with E-state index in [-0.39, 0.29) is 32.0 Å². The third-order valence-corrected chi connectivity index (χ3v) is 6.87. The van der Waals surface area contributed by atoms with Crippen molar-refractivity contribution in [2.24, 2.45) is 5.92 Å². The van der Waals surface area contributed by atoms with E-state index in [0.29, 0.717) is 35.5 Å². The van der Waals surface area contributed by atoms with Crippen LogP contribution in [0.5, 0.6) is 17.2 Å². The molecule has 2 aromatic rings. The Morgan fingerprint density at radius 2 is 2.08 bits per heavy atom. The molecular weight excluding hydrogens is 484 g/mol. The van der Waals surface area contributed by atoms with E-state index in [4.69, 9.17) is 18.9 Å². The van der Waals surface area contributed by atoms with Crippen LogP contribution in [0.15, 0.2) is 29.2 Å². The average molecular weight is 517 g/mol. The van der Waals surface area contributed by atoms with Crippen molar-refractivity contribution in [3.05, 3.63) is 34.9 Å². The fourth-order valence-electron chi connectivity index (χ4n) is 4.86. The molecule has 2 aliphatic heterocycles. The quantitative estimate of drug-likeness (QED) is 0.328. The standard InChI is InChI=1S/C25H32N4O8/c30-13-20-16(31)11-21(37-20)29-12-19-23(28-24(29)32)27-22-17(7-4-8-18(22)36-19)34-10-9-26-25(33)35-14-15-5-2-1-3-6-15/h4,7-8,12,15-16,20-21,30-31H,1-3,5-6,9-11,13-14H2,(H,26,33)(H,27,28,32)/t16?,20-,21-/m1/s1. The van der Waals surface area contributed by atoms with Crippen LogP contribution in [0, 0.1) is 5.92 Å². The van der Waals surface area contributed by atoms with Crippen molar-refractivity contribution in [3.63, 3.8) is 0 Å². The number of rotatable bonds is 8. The minimum atomic E-state index is -0.884. The largest absolute Gasteiger partial charge is 0.489 e. The highest BCUT2D eigenvalue weighted by atomic mass is 16.6. The van der Waals surface area contributed by atoms with Gasteiger partial charge in [0.05, 0.1) is 32.1 Å². The number of aliphatic hydroxyl groups is 2. The number of aliphatic hydroxyl groups excluding tert-OH is 2. The van der Waals surface area contributed by atoms with Crippen LogP contribution in [-0.4, -0.2) is 64.4 Å². The third kappa shape index (κ3) is 5.81. The topological polar surface area (TPSA) is 153 Å². The second-order valence-electron chi connectivity index (χ2n) is 9.49. The molecule has 1 saturated carbocycles. The maximum Gasteiger partial charge on any atom is 0.407 e. The van der Waals surface area contributed by atoms with Crippen LogP contribution in [0.1, 0.15) is 44.8 Å². The number of anilines is 2. The van der Waals surface area contributed by atoms with Crippen LogP contribution in [0.4, 0.5) is 16.3 Å². The number of carbonyl (C=O) groups is 1. The Kier molecular flexibility index (Phi) is 7.77. The molecule has 0 spiro atoms. The molecule has 200 valence electrons. The number of amides is 1. The van der Waals surface area contributed by atoms with Gasteiger partial charge in [-0.25, -0.2) is 9.59 Å². The molecule has 1 unspecified atom stereocenters. The first-order chi connectivity index (χ1) is 18.0. The molecule has 4 N–H and O–H groups in total. The van der Waals surface area contributed by atoms with Gasteiger partial charge in [-0.3, -0.25) is 4.57 Å². The second-order valence-corrected chi connectivity index (χ2v) is 9.49. The Labute approximate surface area is 213 Å². The predicted molar refractivity (Wildman–Crippen MR) is 131 cm³/mol. The first-order valence-corrected chi connectivity index (χ1v) is 12.7. The molecule has 1 aliphatic carbocycles. The number of carbonyl (C=O) groups excluding carboxylic acids is 1. The van der Waals surface area contributed by atoms with Gasteiger partial charge in [-0.05, 0) is 30.9 Å². The fourth-order valence-corrected chi connectivity index (χ4v) is 4.86. The first kappa shape index (κ1) is 25.3. The molecule has 37 heavy (non-hydrogen) atoms. The first-order valence-electron chi connectivity index (χ1n) is 12.7. The smallest absolute Gasteiger partial charge is 0.407 e. The summed E-state index contributed by atoms with van der Waals surface area (Å²) in [5, 5.41) is 25.1. The van der Waals surface area contributed by atoms with Gasteiger partial charge < -0.3 is 39.8 Å². The summed E-state index contributed by atoms with van der Waals surface area (Å²) in [5.74, 6) is 1.91. The molecule has 0 bridgehead atoms. The lowest BCUT2D eigenvalue weighted by atomic mass is 9.90. The van der Waals surface area contributed by atoms with Crippen LogP contribution in [-0.2, 0) is 9.47 Å². The lowest BCUT2D eigenvalue weighted by Gasteiger charge is -2.24. The van der Waals surface area contributed by atoms with Crippen molar-refractivity contribution in [1.29, 1.82) is 0 Å². The van der Waals surface area contributed by atoms with Crippen LogP contribution < -0.4 is 25.8 Å². The van der Waals surface area contributed by atoms with E-state index in [0.717, 1.165) is 12.8 Å². The van der Waals surface area contributed by atoms with Gasteiger partial charge in [-0.15, -0.1) is 0 Å². The number of alkyl carbamates (subject to hydrolysis) is 1. The monoisotopic (exact) mass is 516 g/mol. The van der Waals surface area contributed by atoms with E-state index in [1.165, 1.54) is 30.0 Å². The van der Waals surface area contributed by atoms with Gasteiger partial charge in [0.1, 0.15) is 30.4 Å². The van der Waals surface area contributed by atoms with Gasteiger partial charge in [0.15, 0.2) is 17.3 Å². The molecule has 1 saturated heterocycles. The third-order valence-electron chi connectivity index (χ3n) is 6.87.